The van der Waals surface area contributed by atoms with E-state index in [2.05, 4.69) is 46.0 Å². The van der Waals surface area contributed by atoms with Gasteiger partial charge in [-0.05, 0) is 30.7 Å². The van der Waals surface area contributed by atoms with Gasteiger partial charge in [0.1, 0.15) is 0 Å². The highest BCUT2D eigenvalue weighted by Crippen LogP contribution is 2.12. The number of nitrogens with zero attached hydrogens (tertiary/aromatic N) is 2. The zero-order chi connectivity index (χ0) is 11.1. The number of nitriles is 1. The molecule has 0 aliphatic carbocycles. The Balaban J connectivity index is 2.57. The van der Waals surface area contributed by atoms with Crippen LogP contribution in [0.1, 0.15) is 18.9 Å². The van der Waals surface area contributed by atoms with Crippen molar-refractivity contribution < 1.29 is 0 Å². The molecule has 2 nitrogen and oxygen atoms in total. The maximum absolute atomic E-state index is 8.69. The third kappa shape index (κ3) is 4.46. The molecule has 1 rings (SSSR count). The van der Waals surface area contributed by atoms with E-state index in [0.29, 0.717) is 6.54 Å². The van der Waals surface area contributed by atoms with Gasteiger partial charge in [0.15, 0.2) is 0 Å². The molecule has 0 bridgehead atoms. The Morgan fingerprint density at radius 1 is 1.33 bits per heavy atom. The van der Waals surface area contributed by atoms with E-state index in [0.717, 1.165) is 24.0 Å². The van der Waals surface area contributed by atoms with Gasteiger partial charge in [0.05, 0.1) is 12.6 Å². The molecule has 3 heteroatoms. The second-order valence-corrected chi connectivity index (χ2v) is 4.41. The van der Waals surface area contributed by atoms with Crippen LogP contribution in [0.5, 0.6) is 0 Å². The summed E-state index contributed by atoms with van der Waals surface area (Å²) in [6.07, 6.45) is 1.08. The van der Waals surface area contributed by atoms with Crippen molar-refractivity contribution in [3.63, 3.8) is 0 Å². The van der Waals surface area contributed by atoms with Crippen LogP contribution in [0.15, 0.2) is 28.7 Å². The van der Waals surface area contributed by atoms with Gasteiger partial charge in [-0.15, -0.1) is 0 Å². The lowest BCUT2D eigenvalue weighted by Gasteiger charge is -2.17. The van der Waals surface area contributed by atoms with Crippen molar-refractivity contribution >= 4 is 15.9 Å². The second-order valence-electron chi connectivity index (χ2n) is 3.50. The predicted molar refractivity (Wildman–Crippen MR) is 65.3 cm³/mol. The summed E-state index contributed by atoms with van der Waals surface area (Å²) in [4.78, 5) is 2.16. The molecule has 0 unspecified atom stereocenters. The van der Waals surface area contributed by atoms with Crippen LogP contribution < -0.4 is 0 Å². The van der Waals surface area contributed by atoms with Crippen LogP contribution in [-0.4, -0.2) is 18.0 Å². The molecule has 0 saturated heterocycles. The normalized spacial score (nSPS) is 10.3. The van der Waals surface area contributed by atoms with Crippen LogP contribution in [-0.2, 0) is 6.54 Å². The smallest absolute Gasteiger partial charge is 0.0868 e. The molecule has 15 heavy (non-hydrogen) atoms. The average Bonchev–Trinajstić information content (AvgIpc) is 2.22. The van der Waals surface area contributed by atoms with Crippen LogP contribution in [0.4, 0.5) is 0 Å². The molecule has 0 saturated carbocycles. The van der Waals surface area contributed by atoms with Gasteiger partial charge in [0.2, 0.25) is 0 Å². The van der Waals surface area contributed by atoms with Crippen molar-refractivity contribution in [3.05, 3.63) is 34.3 Å². The molecular formula is C12H15BrN2. The highest BCUT2D eigenvalue weighted by molar-refractivity contribution is 9.10. The number of hydrogen-bond acceptors (Lipinski definition) is 2. The topological polar surface area (TPSA) is 27.0 Å². The molecule has 0 N–H and O–H groups in total. The van der Waals surface area contributed by atoms with Crippen LogP contribution in [0.25, 0.3) is 0 Å². The van der Waals surface area contributed by atoms with Gasteiger partial charge in [0.25, 0.3) is 0 Å². The minimum absolute atomic E-state index is 0.504. The Hall–Kier alpha value is -0.850. The minimum atomic E-state index is 0.504. The average molecular weight is 267 g/mol. The lowest BCUT2D eigenvalue weighted by atomic mass is 10.2. The van der Waals surface area contributed by atoms with E-state index in [1.165, 1.54) is 5.56 Å². The summed E-state index contributed by atoms with van der Waals surface area (Å²) in [5.41, 5.74) is 1.25. The van der Waals surface area contributed by atoms with Crippen molar-refractivity contribution in [2.24, 2.45) is 0 Å². The molecule has 0 aliphatic heterocycles. The van der Waals surface area contributed by atoms with Crippen LogP contribution in [0.2, 0.25) is 0 Å². The summed E-state index contributed by atoms with van der Waals surface area (Å²) in [6.45, 7) is 4.47. The quantitative estimate of drug-likeness (QED) is 0.766. The minimum Gasteiger partial charge on any atom is -0.286 e. The molecule has 0 aliphatic rings. The molecule has 80 valence electrons. The maximum atomic E-state index is 8.69. The van der Waals surface area contributed by atoms with Crippen molar-refractivity contribution in [2.45, 2.75) is 19.9 Å². The highest BCUT2D eigenvalue weighted by atomic mass is 79.9. The van der Waals surface area contributed by atoms with E-state index < -0.39 is 0 Å². The third-order valence-corrected chi connectivity index (χ3v) is 2.68. The lowest BCUT2D eigenvalue weighted by Crippen LogP contribution is -2.24. The molecule has 0 amide bonds. The molecule has 0 atom stereocenters. The summed E-state index contributed by atoms with van der Waals surface area (Å²) in [6, 6.07) is 10.4. The van der Waals surface area contributed by atoms with Crippen molar-refractivity contribution in [1.29, 1.82) is 5.26 Å². The Bertz CT molecular complexity index is 326. The maximum Gasteiger partial charge on any atom is 0.0868 e. The second kappa shape index (κ2) is 6.60. The van der Waals surface area contributed by atoms with E-state index >= 15 is 0 Å². The fourth-order valence-corrected chi connectivity index (χ4v) is 1.74. The van der Waals surface area contributed by atoms with E-state index in [-0.39, 0.29) is 0 Å². The SMILES string of the molecule is CCCN(CC#N)Cc1ccc(Br)cc1. The molecular weight excluding hydrogens is 252 g/mol. The Labute approximate surface area is 99.6 Å². The van der Waals surface area contributed by atoms with Crippen LogP contribution >= 0.6 is 15.9 Å². The van der Waals surface area contributed by atoms with E-state index in [1.807, 2.05) is 12.1 Å². The van der Waals surface area contributed by atoms with Gasteiger partial charge < -0.3 is 0 Å². The van der Waals surface area contributed by atoms with Gasteiger partial charge in [-0.2, -0.15) is 5.26 Å². The molecule has 0 fully saturated rings. The highest BCUT2D eigenvalue weighted by Gasteiger charge is 2.03. The lowest BCUT2D eigenvalue weighted by molar-refractivity contribution is 0.298. The monoisotopic (exact) mass is 266 g/mol. The fraction of sp³-hybridized carbons (Fsp3) is 0.417. The number of rotatable bonds is 5. The van der Waals surface area contributed by atoms with Gasteiger partial charge in [-0.3, -0.25) is 4.90 Å². The zero-order valence-electron chi connectivity index (χ0n) is 8.91. The standard InChI is InChI=1S/C12H15BrN2/c1-2-8-15(9-7-14)10-11-3-5-12(13)6-4-11/h3-6H,2,8-10H2,1H3. The zero-order valence-corrected chi connectivity index (χ0v) is 10.5. The number of benzene rings is 1. The van der Waals surface area contributed by atoms with E-state index in [1.54, 1.807) is 0 Å². The van der Waals surface area contributed by atoms with Crippen LogP contribution in [0, 0.1) is 11.3 Å². The first kappa shape index (κ1) is 12.2. The Morgan fingerprint density at radius 3 is 2.53 bits per heavy atom. The summed E-state index contributed by atoms with van der Waals surface area (Å²) < 4.78 is 1.09. The molecule has 0 heterocycles. The van der Waals surface area contributed by atoms with Gasteiger partial charge in [-0.1, -0.05) is 35.0 Å². The molecule has 1 aromatic carbocycles. The first-order valence-corrected chi connectivity index (χ1v) is 5.89. The van der Waals surface area contributed by atoms with Crippen LogP contribution in [0.3, 0.4) is 0 Å². The third-order valence-electron chi connectivity index (χ3n) is 2.15. The molecule has 1 aromatic rings. The molecule has 0 spiro atoms. The molecule has 0 aromatic heterocycles. The summed E-state index contributed by atoms with van der Waals surface area (Å²) in [5, 5.41) is 8.69. The van der Waals surface area contributed by atoms with Crippen molar-refractivity contribution in [1.82, 2.24) is 4.90 Å². The van der Waals surface area contributed by atoms with Gasteiger partial charge >= 0.3 is 0 Å². The first-order valence-electron chi connectivity index (χ1n) is 5.10. The van der Waals surface area contributed by atoms with E-state index in [9.17, 15) is 0 Å². The predicted octanol–water partition coefficient (Wildman–Crippen LogP) is 3.18. The summed E-state index contributed by atoms with van der Waals surface area (Å²) in [7, 11) is 0. The van der Waals surface area contributed by atoms with E-state index in [4.69, 9.17) is 5.26 Å². The van der Waals surface area contributed by atoms with Gasteiger partial charge in [-0.25, -0.2) is 0 Å². The Morgan fingerprint density at radius 2 is 2.00 bits per heavy atom. The first-order chi connectivity index (χ1) is 7.26. The molecule has 0 radical (unpaired) electrons. The summed E-state index contributed by atoms with van der Waals surface area (Å²) in [5.74, 6) is 0. The van der Waals surface area contributed by atoms with Gasteiger partial charge in [0, 0.05) is 11.0 Å². The number of halogens is 1. The summed E-state index contributed by atoms with van der Waals surface area (Å²) >= 11 is 3.41. The van der Waals surface area contributed by atoms with Crippen molar-refractivity contribution in [2.75, 3.05) is 13.1 Å². The largest absolute Gasteiger partial charge is 0.286 e. The number of hydrogen-bond donors (Lipinski definition) is 0. The van der Waals surface area contributed by atoms with Crippen molar-refractivity contribution in [3.8, 4) is 6.07 Å². The fourth-order valence-electron chi connectivity index (χ4n) is 1.48. The Kier molecular flexibility index (Phi) is 5.38.